The lowest BCUT2D eigenvalue weighted by Gasteiger charge is -2.09. The van der Waals surface area contributed by atoms with E-state index in [1.807, 2.05) is 0 Å². The molecule has 0 saturated carbocycles. The molecule has 0 aromatic heterocycles. The third-order valence-corrected chi connectivity index (χ3v) is 5.02. The Morgan fingerprint density at radius 2 is 0.857 bits per heavy atom. The Kier molecular flexibility index (Phi) is 6.08. The van der Waals surface area contributed by atoms with Crippen LogP contribution in [0.15, 0.2) is 84.9 Å². The molecule has 0 aliphatic rings. The molecule has 2 heteroatoms. The molecule has 0 radical (unpaired) electrons. The Morgan fingerprint density at radius 1 is 0.429 bits per heavy atom. The molecule has 0 unspecified atom stereocenters. The third kappa shape index (κ3) is 4.83. The van der Waals surface area contributed by atoms with Crippen LogP contribution in [0.2, 0.25) is 0 Å². The van der Waals surface area contributed by atoms with E-state index in [1.54, 1.807) is 0 Å². The summed E-state index contributed by atoms with van der Waals surface area (Å²) in [6.45, 7) is 1.54. The highest BCUT2D eigenvalue weighted by atomic mass is 16.5. The van der Waals surface area contributed by atoms with Gasteiger partial charge in [0.1, 0.15) is 11.5 Å². The van der Waals surface area contributed by atoms with E-state index in [9.17, 15) is 0 Å². The molecule has 28 heavy (non-hydrogen) atoms. The van der Waals surface area contributed by atoms with Crippen molar-refractivity contribution in [1.82, 2.24) is 0 Å². The van der Waals surface area contributed by atoms with Gasteiger partial charge >= 0.3 is 0 Å². The van der Waals surface area contributed by atoms with Gasteiger partial charge < -0.3 is 9.47 Å². The molecule has 0 bridgehead atoms. The maximum absolute atomic E-state index is 5.90. The summed E-state index contributed by atoms with van der Waals surface area (Å²) in [6.07, 6.45) is 4.47. The summed E-state index contributed by atoms with van der Waals surface area (Å²) in [5.74, 6) is 1.91. The quantitative estimate of drug-likeness (QED) is 0.295. The molecule has 2 nitrogen and oxygen atoms in total. The van der Waals surface area contributed by atoms with Crippen LogP contribution in [-0.4, -0.2) is 13.2 Å². The summed E-state index contributed by atoms with van der Waals surface area (Å²) in [7, 11) is 0. The Hall–Kier alpha value is -3.00. The standard InChI is InChI=1S/C26H26O2/c1(7-17-27-25-15-13-21-9-3-5-11-23(21)19-25)2-8-18-28-26-16-14-22-10-4-6-12-24(22)20-26/h3-6,9-16,19-20H,1-2,7-8,17-18H2. The maximum atomic E-state index is 5.90. The van der Waals surface area contributed by atoms with Crippen molar-refractivity contribution < 1.29 is 9.47 Å². The van der Waals surface area contributed by atoms with Crippen LogP contribution >= 0.6 is 0 Å². The van der Waals surface area contributed by atoms with Gasteiger partial charge in [0.2, 0.25) is 0 Å². The summed E-state index contributed by atoms with van der Waals surface area (Å²) < 4.78 is 11.8. The minimum Gasteiger partial charge on any atom is -0.494 e. The second kappa shape index (κ2) is 9.27. The largest absolute Gasteiger partial charge is 0.494 e. The highest BCUT2D eigenvalue weighted by molar-refractivity contribution is 5.84. The topological polar surface area (TPSA) is 18.5 Å². The monoisotopic (exact) mass is 370 g/mol. The fourth-order valence-corrected chi connectivity index (χ4v) is 3.45. The van der Waals surface area contributed by atoms with E-state index in [1.165, 1.54) is 21.5 Å². The minimum absolute atomic E-state index is 0.768. The van der Waals surface area contributed by atoms with Crippen LogP contribution in [0.3, 0.4) is 0 Å². The Balaban J connectivity index is 1.12. The zero-order valence-electron chi connectivity index (χ0n) is 16.1. The van der Waals surface area contributed by atoms with E-state index in [2.05, 4.69) is 84.9 Å². The lowest BCUT2D eigenvalue weighted by Crippen LogP contribution is -2.00. The molecule has 0 aliphatic carbocycles. The molecule has 0 fully saturated rings. The van der Waals surface area contributed by atoms with Crippen LogP contribution in [0.25, 0.3) is 21.5 Å². The lowest BCUT2D eigenvalue weighted by molar-refractivity contribution is 0.288. The fraction of sp³-hybridized carbons (Fsp3) is 0.231. The molecule has 4 aromatic rings. The lowest BCUT2D eigenvalue weighted by atomic mass is 10.1. The number of hydrogen-bond donors (Lipinski definition) is 0. The van der Waals surface area contributed by atoms with Crippen LogP contribution < -0.4 is 9.47 Å². The number of fused-ring (bicyclic) bond motifs is 2. The van der Waals surface area contributed by atoms with Gasteiger partial charge in [0.05, 0.1) is 13.2 Å². The van der Waals surface area contributed by atoms with E-state index in [4.69, 9.17) is 9.47 Å². The van der Waals surface area contributed by atoms with Crippen LogP contribution in [0.1, 0.15) is 25.7 Å². The van der Waals surface area contributed by atoms with Crippen molar-refractivity contribution in [1.29, 1.82) is 0 Å². The molecular weight excluding hydrogens is 344 g/mol. The van der Waals surface area contributed by atoms with Crippen molar-refractivity contribution in [3.63, 3.8) is 0 Å². The summed E-state index contributed by atoms with van der Waals surface area (Å²) in [4.78, 5) is 0. The maximum Gasteiger partial charge on any atom is 0.119 e. The predicted octanol–water partition coefficient (Wildman–Crippen LogP) is 7.01. The third-order valence-electron chi connectivity index (χ3n) is 5.02. The molecule has 0 aliphatic heterocycles. The van der Waals surface area contributed by atoms with Gasteiger partial charge in [-0.05, 0) is 71.5 Å². The smallest absolute Gasteiger partial charge is 0.119 e. The van der Waals surface area contributed by atoms with Gasteiger partial charge in [-0.2, -0.15) is 0 Å². The molecule has 0 amide bonds. The number of rotatable bonds is 9. The average Bonchev–Trinajstić information content (AvgIpc) is 2.75. The van der Waals surface area contributed by atoms with Crippen molar-refractivity contribution in [3.05, 3.63) is 84.9 Å². The molecule has 0 saturated heterocycles. The van der Waals surface area contributed by atoms with Crippen LogP contribution in [-0.2, 0) is 0 Å². The van der Waals surface area contributed by atoms with Crippen LogP contribution in [0, 0.1) is 0 Å². The van der Waals surface area contributed by atoms with Crippen molar-refractivity contribution in [3.8, 4) is 11.5 Å². The fourth-order valence-electron chi connectivity index (χ4n) is 3.45. The first-order chi connectivity index (χ1) is 13.9. The first kappa shape index (κ1) is 18.4. The molecule has 4 rings (SSSR count). The second-order valence-electron chi connectivity index (χ2n) is 7.13. The van der Waals surface area contributed by atoms with E-state index < -0.39 is 0 Å². The van der Waals surface area contributed by atoms with Crippen LogP contribution in [0.4, 0.5) is 0 Å². The van der Waals surface area contributed by atoms with Gasteiger partial charge in [0.15, 0.2) is 0 Å². The summed E-state index contributed by atoms with van der Waals surface area (Å²) in [5.41, 5.74) is 0. The Morgan fingerprint density at radius 3 is 1.32 bits per heavy atom. The summed E-state index contributed by atoms with van der Waals surface area (Å²) in [5, 5.41) is 4.96. The van der Waals surface area contributed by atoms with Gasteiger partial charge in [0, 0.05) is 0 Å². The van der Waals surface area contributed by atoms with Crippen molar-refractivity contribution in [2.24, 2.45) is 0 Å². The van der Waals surface area contributed by atoms with E-state index in [0.717, 1.165) is 50.4 Å². The van der Waals surface area contributed by atoms with Crippen molar-refractivity contribution >= 4 is 21.5 Å². The van der Waals surface area contributed by atoms with Gasteiger partial charge in [-0.25, -0.2) is 0 Å². The second-order valence-corrected chi connectivity index (χ2v) is 7.13. The summed E-state index contributed by atoms with van der Waals surface area (Å²) >= 11 is 0. The number of benzene rings is 4. The van der Waals surface area contributed by atoms with E-state index in [0.29, 0.717) is 0 Å². The summed E-state index contributed by atoms with van der Waals surface area (Å²) in [6, 6.07) is 29.3. The van der Waals surface area contributed by atoms with E-state index in [-0.39, 0.29) is 0 Å². The van der Waals surface area contributed by atoms with Crippen LogP contribution in [0.5, 0.6) is 11.5 Å². The Bertz CT molecular complexity index is 953. The molecule has 0 atom stereocenters. The molecule has 142 valence electrons. The normalized spacial score (nSPS) is 11.0. The first-order valence-corrected chi connectivity index (χ1v) is 10.1. The van der Waals surface area contributed by atoms with Crippen molar-refractivity contribution in [2.75, 3.05) is 13.2 Å². The van der Waals surface area contributed by atoms with Gasteiger partial charge in [-0.1, -0.05) is 60.7 Å². The molecular formula is C26H26O2. The van der Waals surface area contributed by atoms with Crippen molar-refractivity contribution in [2.45, 2.75) is 25.7 Å². The molecule has 0 N–H and O–H groups in total. The molecule has 0 spiro atoms. The highest BCUT2D eigenvalue weighted by Gasteiger charge is 1.99. The first-order valence-electron chi connectivity index (χ1n) is 10.1. The predicted molar refractivity (Wildman–Crippen MR) is 117 cm³/mol. The number of unbranched alkanes of at least 4 members (excludes halogenated alkanes) is 3. The van der Waals surface area contributed by atoms with Gasteiger partial charge in [-0.15, -0.1) is 0 Å². The zero-order valence-corrected chi connectivity index (χ0v) is 16.1. The minimum atomic E-state index is 0.768. The zero-order chi connectivity index (χ0) is 19.0. The molecule has 4 aromatic carbocycles. The number of ether oxygens (including phenoxy) is 2. The van der Waals surface area contributed by atoms with E-state index >= 15 is 0 Å². The van der Waals surface area contributed by atoms with Gasteiger partial charge in [-0.3, -0.25) is 0 Å². The van der Waals surface area contributed by atoms with Gasteiger partial charge in [0.25, 0.3) is 0 Å². The highest BCUT2D eigenvalue weighted by Crippen LogP contribution is 2.22. The molecule has 0 heterocycles. The Labute approximate surface area is 166 Å². The number of hydrogen-bond acceptors (Lipinski definition) is 2. The average molecular weight is 370 g/mol. The SMILES string of the molecule is c1ccc2cc(OCCCCCCOc3ccc4ccccc4c3)ccc2c1.